The first-order valence-electron chi connectivity index (χ1n) is 4.53. The molecule has 15 heavy (non-hydrogen) atoms. The molecule has 1 aromatic carbocycles. The SMILES string of the molecule is ClCc1cccc(OCc2cncs2)c1. The van der Waals surface area contributed by atoms with Gasteiger partial charge in [0.1, 0.15) is 12.4 Å². The van der Waals surface area contributed by atoms with E-state index in [-0.39, 0.29) is 0 Å². The first-order valence-corrected chi connectivity index (χ1v) is 5.95. The fraction of sp³-hybridized carbons (Fsp3) is 0.182. The number of ether oxygens (including phenoxy) is 1. The molecular formula is C11H10ClNOS. The number of hydrogen-bond acceptors (Lipinski definition) is 3. The van der Waals surface area contributed by atoms with Gasteiger partial charge in [0.15, 0.2) is 0 Å². The first-order chi connectivity index (χ1) is 7.38. The lowest BCUT2D eigenvalue weighted by molar-refractivity contribution is 0.309. The smallest absolute Gasteiger partial charge is 0.124 e. The minimum atomic E-state index is 0.512. The second-order valence-corrected chi connectivity index (χ2v) is 4.28. The first kappa shape index (κ1) is 10.5. The van der Waals surface area contributed by atoms with Crippen LogP contribution in [0.3, 0.4) is 0 Å². The van der Waals surface area contributed by atoms with Crippen LogP contribution in [0.4, 0.5) is 0 Å². The largest absolute Gasteiger partial charge is 0.488 e. The number of thiazole rings is 1. The van der Waals surface area contributed by atoms with Gasteiger partial charge in [-0.2, -0.15) is 0 Å². The van der Waals surface area contributed by atoms with Crippen LogP contribution in [-0.4, -0.2) is 4.98 Å². The molecule has 0 saturated heterocycles. The topological polar surface area (TPSA) is 22.1 Å². The lowest BCUT2D eigenvalue weighted by Crippen LogP contribution is -1.93. The van der Waals surface area contributed by atoms with E-state index in [2.05, 4.69) is 4.98 Å². The van der Waals surface area contributed by atoms with E-state index >= 15 is 0 Å². The van der Waals surface area contributed by atoms with E-state index < -0.39 is 0 Å². The van der Waals surface area contributed by atoms with Gasteiger partial charge in [-0.15, -0.1) is 22.9 Å². The Balaban J connectivity index is 1.98. The summed E-state index contributed by atoms with van der Waals surface area (Å²) in [6.07, 6.45) is 1.82. The molecule has 0 aliphatic rings. The molecule has 2 nitrogen and oxygen atoms in total. The van der Waals surface area contributed by atoms with Crippen molar-refractivity contribution in [1.29, 1.82) is 0 Å². The van der Waals surface area contributed by atoms with E-state index in [9.17, 15) is 0 Å². The number of aromatic nitrogens is 1. The van der Waals surface area contributed by atoms with Crippen LogP contribution in [0.25, 0.3) is 0 Å². The maximum atomic E-state index is 5.74. The van der Waals surface area contributed by atoms with E-state index in [0.29, 0.717) is 12.5 Å². The molecule has 1 heterocycles. The van der Waals surface area contributed by atoms with E-state index in [1.807, 2.05) is 30.5 Å². The van der Waals surface area contributed by atoms with E-state index in [0.717, 1.165) is 16.2 Å². The molecule has 78 valence electrons. The molecule has 0 N–H and O–H groups in total. The third-order valence-corrected chi connectivity index (χ3v) is 2.98. The molecular weight excluding hydrogens is 230 g/mol. The Morgan fingerprint density at radius 1 is 1.40 bits per heavy atom. The van der Waals surface area contributed by atoms with Crippen LogP contribution in [0.5, 0.6) is 5.75 Å². The molecule has 2 rings (SSSR count). The van der Waals surface area contributed by atoms with Crippen molar-refractivity contribution in [3.63, 3.8) is 0 Å². The average molecular weight is 240 g/mol. The van der Waals surface area contributed by atoms with Crippen LogP contribution >= 0.6 is 22.9 Å². The number of alkyl halides is 1. The van der Waals surface area contributed by atoms with E-state index in [1.54, 1.807) is 16.8 Å². The molecule has 0 unspecified atom stereocenters. The monoisotopic (exact) mass is 239 g/mol. The summed E-state index contributed by atoms with van der Waals surface area (Å²) in [7, 11) is 0. The van der Waals surface area contributed by atoms with Crippen LogP contribution in [-0.2, 0) is 12.5 Å². The summed E-state index contributed by atoms with van der Waals surface area (Å²) in [5.41, 5.74) is 2.87. The molecule has 0 saturated carbocycles. The van der Waals surface area contributed by atoms with Gasteiger partial charge in [0.05, 0.1) is 10.4 Å². The number of nitrogens with zero attached hydrogens (tertiary/aromatic N) is 1. The molecule has 0 atom stereocenters. The Morgan fingerprint density at radius 3 is 3.07 bits per heavy atom. The Bertz CT molecular complexity index is 416. The summed E-state index contributed by atoms with van der Waals surface area (Å²) in [5, 5.41) is 0. The second kappa shape index (κ2) is 5.14. The average Bonchev–Trinajstić information content (AvgIpc) is 2.79. The predicted octanol–water partition coefficient (Wildman–Crippen LogP) is 3.46. The molecule has 0 amide bonds. The van der Waals surface area contributed by atoms with Crippen molar-refractivity contribution in [2.75, 3.05) is 0 Å². The number of hydrogen-bond donors (Lipinski definition) is 0. The summed E-state index contributed by atoms with van der Waals surface area (Å²) < 4.78 is 5.60. The lowest BCUT2D eigenvalue weighted by Gasteiger charge is -2.05. The van der Waals surface area contributed by atoms with Gasteiger partial charge in [0.25, 0.3) is 0 Å². The minimum Gasteiger partial charge on any atom is -0.488 e. The van der Waals surface area contributed by atoms with Crippen molar-refractivity contribution in [2.45, 2.75) is 12.5 Å². The van der Waals surface area contributed by atoms with Crippen molar-refractivity contribution in [3.8, 4) is 5.75 Å². The van der Waals surface area contributed by atoms with Crippen molar-refractivity contribution in [1.82, 2.24) is 4.98 Å². The van der Waals surface area contributed by atoms with Crippen LogP contribution in [0.15, 0.2) is 36.0 Å². The minimum absolute atomic E-state index is 0.512. The maximum absolute atomic E-state index is 5.74. The second-order valence-electron chi connectivity index (χ2n) is 3.04. The van der Waals surface area contributed by atoms with Crippen LogP contribution < -0.4 is 4.74 Å². The van der Waals surface area contributed by atoms with Crippen LogP contribution in [0.2, 0.25) is 0 Å². The van der Waals surface area contributed by atoms with Crippen molar-refractivity contribution in [3.05, 3.63) is 46.4 Å². The van der Waals surface area contributed by atoms with Gasteiger partial charge >= 0.3 is 0 Å². The molecule has 0 spiro atoms. The highest BCUT2D eigenvalue weighted by molar-refractivity contribution is 7.09. The molecule has 2 aromatic rings. The van der Waals surface area contributed by atoms with Gasteiger partial charge in [-0.3, -0.25) is 4.98 Å². The zero-order valence-electron chi connectivity index (χ0n) is 8.02. The zero-order valence-corrected chi connectivity index (χ0v) is 9.59. The quantitative estimate of drug-likeness (QED) is 0.763. The number of halogens is 1. The third kappa shape index (κ3) is 2.94. The van der Waals surface area contributed by atoms with Gasteiger partial charge in [0, 0.05) is 12.1 Å². The highest BCUT2D eigenvalue weighted by Crippen LogP contribution is 2.17. The van der Waals surface area contributed by atoms with Crippen LogP contribution in [0, 0.1) is 0 Å². The van der Waals surface area contributed by atoms with Gasteiger partial charge in [-0.05, 0) is 17.7 Å². The predicted molar refractivity (Wildman–Crippen MR) is 62.4 cm³/mol. The van der Waals surface area contributed by atoms with Crippen LogP contribution in [0.1, 0.15) is 10.4 Å². The van der Waals surface area contributed by atoms with Crippen molar-refractivity contribution >= 4 is 22.9 Å². The zero-order chi connectivity index (χ0) is 10.5. The van der Waals surface area contributed by atoms with E-state index in [1.165, 1.54) is 0 Å². The highest BCUT2D eigenvalue weighted by Gasteiger charge is 1.98. The summed E-state index contributed by atoms with van der Waals surface area (Å²) in [6, 6.07) is 7.80. The molecule has 0 aliphatic heterocycles. The Morgan fingerprint density at radius 2 is 2.33 bits per heavy atom. The van der Waals surface area contributed by atoms with Crippen molar-refractivity contribution < 1.29 is 4.74 Å². The lowest BCUT2D eigenvalue weighted by atomic mass is 10.2. The third-order valence-electron chi connectivity index (χ3n) is 1.92. The summed E-state index contributed by atoms with van der Waals surface area (Å²) in [6.45, 7) is 0.566. The van der Waals surface area contributed by atoms with Crippen molar-refractivity contribution in [2.24, 2.45) is 0 Å². The van der Waals surface area contributed by atoms with E-state index in [4.69, 9.17) is 16.3 Å². The fourth-order valence-electron chi connectivity index (χ4n) is 1.19. The normalized spacial score (nSPS) is 10.2. The molecule has 1 aromatic heterocycles. The molecule has 0 fully saturated rings. The molecule has 0 aliphatic carbocycles. The summed E-state index contributed by atoms with van der Waals surface area (Å²) >= 11 is 7.33. The highest BCUT2D eigenvalue weighted by atomic mass is 35.5. The Labute approximate surface area is 97.5 Å². The maximum Gasteiger partial charge on any atom is 0.124 e. The van der Waals surface area contributed by atoms with Gasteiger partial charge < -0.3 is 4.74 Å². The molecule has 0 bridgehead atoms. The molecule has 0 radical (unpaired) electrons. The summed E-state index contributed by atoms with van der Waals surface area (Å²) in [5.74, 6) is 1.36. The van der Waals surface area contributed by atoms with Gasteiger partial charge in [-0.25, -0.2) is 0 Å². The standard InChI is InChI=1S/C11H10ClNOS/c12-5-9-2-1-3-10(4-9)14-7-11-6-13-8-15-11/h1-4,6,8H,5,7H2. The number of rotatable bonds is 4. The van der Waals surface area contributed by atoms with Gasteiger partial charge in [-0.1, -0.05) is 12.1 Å². The molecule has 4 heteroatoms. The Hall–Kier alpha value is -1.06. The van der Waals surface area contributed by atoms with Gasteiger partial charge in [0.2, 0.25) is 0 Å². The fourth-order valence-corrected chi connectivity index (χ4v) is 1.86. The number of benzene rings is 1. The summed E-state index contributed by atoms with van der Waals surface area (Å²) in [4.78, 5) is 5.10. The Kier molecular flexibility index (Phi) is 3.59.